The van der Waals surface area contributed by atoms with E-state index in [4.69, 9.17) is 4.74 Å². The largest absolute Gasteiger partial charge is 0.497 e. The minimum atomic E-state index is -3.94. The summed E-state index contributed by atoms with van der Waals surface area (Å²) in [5.41, 5.74) is 1.21. The SMILES string of the molecule is COc1ccc2cc(C(=O)N3CCN(S(=O)(=O)c4ccccc4F)CC3)[nH]c2c1. The Bertz CT molecular complexity index is 1170. The van der Waals surface area contributed by atoms with Crippen molar-refractivity contribution in [1.82, 2.24) is 14.2 Å². The lowest BCUT2D eigenvalue weighted by Crippen LogP contribution is -2.50. The fraction of sp³-hybridized carbons (Fsp3) is 0.250. The van der Waals surface area contributed by atoms with Gasteiger partial charge in [0.15, 0.2) is 0 Å². The van der Waals surface area contributed by atoms with Gasteiger partial charge in [0.1, 0.15) is 22.2 Å². The Labute approximate surface area is 167 Å². The van der Waals surface area contributed by atoms with Gasteiger partial charge in [0.2, 0.25) is 10.0 Å². The first-order chi connectivity index (χ1) is 13.9. The number of nitrogens with one attached hydrogen (secondary N) is 1. The van der Waals surface area contributed by atoms with E-state index in [9.17, 15) is 17.6 Å². The second-order valence-corrected chi connectivity index (χ2v) is 8.67. The molecule has 3 aromatic rings. The molecule has 1 aliphatic heterocycles. The number of hydrogen-bond donors (Lipinski definition) is 1. The van der Waals surface area contributed by atoms with Crippen molar-refractivity contribution in [2.24, 2.45) is 0 Å². The third kappa shape index (κ3) is 3.58. The summed E-state index contributed by atoms with van der Waals surface area (Å²) in [6.45, 7) is 0.670. The predicted octanol–water partition coefficient (Wildman–Crippen LogP) is 2.46. The zero-order valence-corrected chi connectivity index (χ0v) is 16.6. The van der Waals surface area contributed by atoms with E-state index in [2.05, 4.69) is 4.98 Å². The van der Waals surface area contributed by atoms with Crippen molar-refractivity contribution in [3.63, 3.8) is 0 Å². The van der Waals surface area contributed by atoms with E-state index >= 15 is 0 Å². The summed E-state index contributed by atoms with van der Waals surface area (Å²) in [6, 6.07) is 12.6. The van der Waals surface area contributed by atoms with E-state index < -0.39 is 15.8 Å². The van der Waals surface area contributed by atoms with Gasteiger partial charge in [0.25, 0.3) is 5.91 Å². The summed E-state index contributed by atoms with van der Waals surface area (Å²) in [4.78, 5) is 17.2. The van der Waals surface area contributed by atoms with Crippen LogP contribution in [0.5, 0.6) is 5.75 Å². The second-order valence-electron chi connectivity index (χ2n) is 6.76. The first-order valence-electron chi connectivity index (χ1n) is 9.11. The van der Waals surface area contributed by atoms with Crippen LogP contribution in [0.3, 0.4) is 0 Å². The number of carbonyl (C=O) groups excluding carboxylic acids is 1. The van der Waals surface area contributed by atoms with Gasteiger partial charge in [0.05, 0.1) is 7.11 Å². The van der Waals surface area contributed by atoms with Crippen LogP contribution in [0.25, 0.3) is 10.9 Å². The van der Waals surface area contributed by atoms with E-state index in [0.29, 0.717) is 11.4 Å². The van der Waals surface area contributed by atoms with Crippen molar-refractivity contribution < 1.29 is 22.3 Å². The molecule has 9 heteroatoms. The summed E-state index contributed by atoms with van der Waals surface area (Å²) in [6.07, 6.45) is 0. The minimum Gasteiger partial charge on any atom is -0.497 e. The molecule has 7 nitrogen and oxygen atoms in total. The lowest BCUT2D eigenvalue weighted by Gasteiger charge is -2.33. The van der Waals surface area contributed by atoms with Crippen LogP contribution >= 0.6 is 0 Å². The molecule has 2 heterocycles. The van der Waals surface area contributed by atoms with Gasteiger partial charge >= 0.3 is 0 Å². The van der Waals surface area contributed by atoms with E-state index in [1.165, 1.54) is 22.5 Å². The average Bonchev–Trinajstić information content (AvgIpc) is 3.16. The summed E-state index contributed by atoms with van der Waals surface area (Å²) < 4.78 is 45.7. The maximum atomic E-state index is 13.9. The number of piperazine rings is 1. The summed E-state index contributed by atoms with van der Waals surface area (Å²) in [7, 11) is -2.36. The van der Waals surface area contributed by atoms with E-state index in [-0.39, 0.29) is 37.0 Å². The van der Waals surface area contributed by atoms with E-state index in [0.717, 1.165) is 17.0 Å². The number of fused-ring (bicyclic) bond motifs is 1. The maximum absolute atomic E-state index is 13.9. The number of ether oxygens (including phenoxy) is 1. The third-order valence-corrected chi connectivity index (χ3v) is 6.97. The number of rotatable bonds is 4. The number of benzene rings is 2. The minimum absolute atomic E-state index is 0.108. The van der Waals surface area contributed by atoms with Gasteiger partial charge in [-0.05, 0) is 30.3 Å². The average molecular weight is 417 g/mol. The molecule has 2 aromatic carbocycles. The van der Waals surface area contributed by atoms with Crippen molar-refractivity contribution in [1.29, 1.82) is 0 Å². The lowest BCUT2D eigenvalue weighted by molar-refractivity contribution is 0.0693. The number of sulfonamides is 1. The molecule has 152 valence electrons. The standard InChI is InChI=1S/C20H20FN3O4S/c1-28-15-7-6-14-12-18(22-17(14)13-15)20(25)23-8-10-24(11-9-23)29(26,27)19-5-3-2-4-16(19)21/h2-7,12-13,22H,8-11H2,1H3. The van der Waals surface area contributed by atoms with Crippen LogP contribution in [0.4, 0.5) is 4.39 Å². The zero-order chi connectivity index (χ0) is 20.6. The Balaban J connectivity index is 1.48. The lowest BCUT2D eigenvalue weighted by atomic mass is 10.2. The van der Waals surface area contributed by atoms with Crippen LogP contribution in [0.1, 0.15) is 10.5 Å². The highest BCUT2D eigenvalue weighted by Gasteiger charge is 2.32. The van der Waals surface area contributed by atoms with Gasteiger partial charge in [-0.25, -0.2) is 12.8 Å². The molecule has 0 bridgehead atoms. The number of amides is 1. The van der Waals surface area contributed by atoms with Crippen LogP contribution in [0.2, 0.25) is 0 Å². The number of halogens is 1. The van der Waals surface area contributed by atoms with Gasteiger partial charge in [-0.3, -0.25) is 4.79 Å². The smallest absolute Gasteiger partial charge is 0.270 e. The number of nitrogens with zero attached hydrogens (tertiary/aromatic N) is 2. The first kappa shape index (κ1) is 19.4. The van der Waals surface area contributed by atoms with Crippen molar-refractivity contribution in [2.45, 2.75) is 4.90 Å². The summed E-state index contributed by atoms with van der Waals surface area (Å²) in [5, 5.41) is 0.884. The molecular formula is C20H20FN3O4S. The number of aromatic amines is 1. The molecule has 0 radical (unpaired) electrons. The highest BCUT2D eigenvalue weighted by molar-refractivity contribution is 7.89. The molecule has 1 saturated heterocycles. The molecule has 0 unspecified atom stereocenters. The molecule has 4 rings (SSSR count). The molecule has 0 atom stereocenters. The normalized spacial score (nSPS) is 15.6. The van der Waals surface area contributed by atoms with Crippen LogP contribution in [-0.4, -0.2) is 61.8 Å². The van der Waals surface area contributed by atoms with Gasteiger partial charge in [-0.15, -0.1) is 0 Å². The Morgan fingerprint density at radius 2 is 1.79 bits per heavy atom. The van der Waals surface area contributed by atoms with Crippen molar-refractivity contribution in [2.75, 3.05) is 33.3 Å². The number of methoxy groups -OCH3 is 1. The van der Waals surface area contributed by atoms with E-state index in [1.54, 1.807) is 18.1 Å². The Morgan fingerprint density at radius 1 is 1.07 bits per heavy atom. The fourth-order valence-corrected chi connectivity index (χ4v) is 4.93. The molecule has 0 saturated carbocycles. The van der Waals surface area contributed by atoms with Crippen LogP contribution < -0.4 is 4.74 Å². The molecule has 1 aliphatic rings. The van der Waals surface area contributed by atoms with Gasteiger partial charge < -0.3 is 14.6 Å². The topological polar surface area (TPSA) is 82.7 Å². The zero-order valence-electron chi connectivity index (χ0n) is 15.8. The van der Waals surface area contributed by atoms with E-state index in [1.807, 2.05) is 18.2 Å². The number of H-pyrrole nitrogens is 1. The Morgan fingerprint density at radius 3 is 2.48 bits per heavy atom. The Kier molecular flexibility index (Phi) is 5.01. The highest BCUT2D eigenvalue weighted by Crippen LogP contribution is 2.24. The number of aromatic nitrogens is 1. The molecule has 1 aromatic heterocycles. The predicted molar refractivity (Wildman–Crippen MR) is 106 cm³/mol. The maximum Gasteiger partial charge on any atom is 0.270 e. The molecule has 1 amide bonds. The van der Waals surface area contributed by atoms with Crippen LogP contribution in [-0.2, 0) is 10.0 Å². The molecule has 0 spiro atoms. The summed E-state index contributed by atoms with van der Waals surface area (Å²) in [5.74, 6) is -0.298. The van der Waals surface area contributed by atoms with Crippen molar-refractivity contribution >= 4 is 26.8 Å². The first-order valence-corrected chi connectivity index (χ1v) is 10.5. The summed E-state index contributed by atoms with van der Waals surface area (Å²) >= 11 is 0. The fourth-order valence-electron chi connectivity index (χ4n) is 3.44. The van der Waals surface area contributed by atoms with Gasteiger partial charge in [-0.2, -0.15) is 4.31 Å². The van der Waals surface area contributed by atoms with Gasteiger partial charge in [0, 0.05) is 43.1 Å². The number of hydrogen-bond acceptors (Lipinski definition) is 4. The molecular weight excluding hydrogens is 397 g/mol. The molecule has 29 heavy (non-hydrogen) atoms. The van der Waals surface area contributed by atoms with Gasteiger partial charge in [-0.1, -0.05) is 12.1 Å². The monoisotopic (exact) mass is 417 g/mol. The van der Waals surface area contributed by atoms with Crippen molar-refractivity contribution in [3.8, 4) is 5.75 Å². The highest BCUT2D eigenvalue weighted by atomic mass is 32.2. The van der Waals surface area contributed by atoms with Crippen LogP contribution in [0, 0.1) is 5.82 Å². The molecule has 1 fully saturated rings. The Hall–Kier alpha value is -2.91. The molecule has 0 aliphatic carbocycles. The quantitative estimate of drug-likeness (QED) is 0.707. The number of carbonyl (C=O) groups is 1. The molecule has 1 N–H and O–H groups in total. The van der Waals surface area contributed by atoms with Crippen LogP contribution in [0.15, 0.2) is 53.4 Å². The second kappa shape index (κ2) is 7.49. The van der Waals surface area contributed by atoms with Crippen molar-refractivity contribution in [3.05, 3.63) is 60.0 Å². The third-order valence-electron chi connectivity index (χ3n) is 5.04.